The highest BCUT2D eigenvalue weighted by molar-refractivity contribution is 7.89. The molecule has 0 aliphatic rings. The maximum Gasteiger partial charge on any atom is 0.240 e. The van der Waals surface area contributed by atoms with Crippen LogP contribution in [0, 0.1) is 0 Å². The molecule has 23 heavy (non-hydrogen) atoms. The molecule has 2 N–H and O–H groups in total. The lowest BCUT2D eigenvalue weighted by Gasteiger charge is -2.18. The standard InChI is InChI=1S/C17H28N2O3S/c1-5-19(6-2)12-8-9-14(3)18-23(21,22)17-11-7-10-16(13-17)15(4)20/h7,10-11,13-14,18H,5-6,8-9,12H2,1-4H3/p+1/t14-/m0/s1. The van der Waals surface area contributed by atoms with E-state index in [1.165, 1.54) is 24.0 Å². The van der Waals surface area contributed by atoms with E-state index >= 15 is 0 Å². The summed E-state index contributed by atoms with van der Waals surface area (Å²) in [5.41, 5.74) is 0.408. The molecule has 1 rings (SSSR count). The number of carbonyl (C=O) groups excluding carboxylic acids is 1. The number of carbonyl (C=O) groups is 1. The fourth-order valence-electron chi connectivity index (χ4n) is 2.54. The van der Waals surface area contributed by atoms with Gasteiger partial charge in [-0.15, -0.1) is 0 Å². The van der Waals surface area contributed by atoms with E-state index in [1.807, 2.05) is 6.92 Å². The van der Waals surface area contributed by atoms with Crippen molar-refractivity contribution < 1.29 is 18.1 Å². The van der Waals surface area contributed by atoms with Crippen molar-refractivity contribution in [3.8, 4) is 0 Å². The Kier molecular flexibility index (Phi) is 7.88. The second-order valence-electron chi connectivity index (χ2n) is 5.96. The molecule has 6 heteroatoms. The van der Waals surface area contributed by atoms with Gasteiger partial charge in [0.05, 0.1) is 24.5 Å². The summed E-state index contributed by atoms with van der Waals surface area (Å²) >= 11 is 0. The predicted octanol–water partition coefficient (Wildman–Crippen LogP) is 1.26. The zero-order valence-electron chi connectivity index (χ0n) is 14.6. The number of benzene rings is 1. The molecule has 0 fully saturated rings. The van der Waals surface area contributed by atoms with Crippen LogP contribution in [0.15, 0.2) is 29.2 Å². The molecule has 0 saturated heterocycles. The molecule has 0 aromatic heterocycles. The van der Waals surface area contributed by atoms with Gasteiger partial charge in [-0.25, -0.2) is 13.1 Å². The Morgan fingerprint density at radius 3 is 2.48 bits per heavy atom. The molecule has 0 amide bonds. The van der Waals surface area contributed by atoms with Crippen molar-refractivity contribution in [2.24, 2.45) is 0 Å². The minimum atomic E-state index is -3.59. The van der Waals surface area contributed by atoms with Crippen molar-refractivity contribution in [2.45, 2.75) is 51.5 Å². The number of quaternary nitrogens is 1. The van der Waals surface area contributed by atoms with Crippen molar-refractivity contribution in [3.63, 3.8) is 0 Å². The van der Waals surface area contributed by atoms with Crippen LogP contribution in [0.5, 0.6) is 0 Å². The lowest BCUT2D eigenvalue weighted by Crippen LogP contribution is -3.11. The zero-order valence-corrected chi connectivity index (χ0v) is 15.4. The first-order valence-corrected chi connectivity index (χ1v) is 9.75. The summed E-state index contributed by atoms with van der Waals surface area (Å²) in [6, 6.07) is 6.03. The summed E-state index contributed by atoms with van der Waals surface area (Å²) in [4.78, 5) is 13.1. The second-order valence-corrected chi connectivity index (χ2v) is 7.67. The zero-order chi connectivity index (χ0) is 17.5. The molecule has 0 saturated carbocycles. The van der Waals surface area contributed by atoms with Gasteiger partial charge in [-0.05, 0) is 52.7 Å². The van der Waals surface area contributed by atoms with Gasteiger partial charge < -0.3 is 4.90 Å². The summed E-state index contributed by atoms with van der Waals surface area (Å²) in [7, 11) is -3.59. The molecule has 5 nitrogen and oxygen atoms in total. The molecule has 0 spiro atoms. The van der Waals surface area contributed by atoms with Crippen LogP contribution in [0.3, 0.4) is 0 Å². The van der Waals surface area contributed by atoms with Gasteiger partial charge in [0, 0.05) is 11.6 Å². The van der Waals surface area contributed by atoms with Crippen molar-refractivity contribution in [1.29, 1.82) is 0 Å². The van der Waals surface area contributed by atoms with Crippen molar-refractivity contribution in [3.05, 3.63) is 29.8 Å². The number of rotatable bonds is 10. The molecule has 1 atom stereocenters. The Morgan fingerprint density at radius 1 is 1.26 bits per heavy atom. The van der Waals surface area contributed by atoms with Crippen LogP contribution in [0.25, 0.3) is 0 Å². The van der Waals surface area contributed by atoms with Gasteiger partial charge in [-0.1, -0.05) is 12.1 Å². The summed E-state index contributed by atoms with van der Waals surface area (Å²) in [6.07, 6.45) is 1.78. The maximum atomic E-state index is 12.4. The Bertz CT molecular complexity index is 610. The van der Waals surface area contributed by atoms with E-state index in [0.29, 0.717) is 5.56 Å². The van der Waals surface area contributed by atoms with E-state index in [9.17, 15) is 13.2 Å². The van der Waals surface area contributed by atoms with E-state index < -0.39 is 10.0 Å². The average Bonchev–Trinajstić information content (AvgIpc) is 2.51. The highest BCUT2D eigenvalue weighted by Crippen LogP contribution is 2.13. The molecule has 0 unspecified atom stereocenters. The highest BCUT2D eigenvalue weighted by Gasteiger charge is 2.18. The van der Waals surface area contributed by atoms with Crippen LogP contribution in [0.1, 0.15) is 50.9 Å². The minimum Gasteiger partial charge on any atom is -0.335 e. The molecule has 0 aliphatic carbocycles. The summed E-state index contributed by atoms with van der Waals surface area (Å²) in [6.45, 7) is 10.9. The molecule has 0 radical (unpaired) electrons. The van der Waals surface area contributed by atoms with E-state index in [4.69, 9.17) is 0 Å². The molecule has 1 aromatic carbocycles. The van der Waals surface area contributed by atoms with Gasteiger partial charge in [-0.3, -0.25) is 4.79 Å². The molecule has 130 valence electrons. The quantitative estimate of drug-likeness (QED) is 0.630. The summed E-state index contributed by atoms with van der Waals surface area (Å²) in [5.74, 6) is -0.141. The summed E-state index contributed by atoms with van der Waals surface area (Å²) in [5, 5.41) is 0. The fraction of sp³-hybridized carbons (Fsp3) is 0.588. The number of ketones is 1. The number of nitrogens with one attached hydrogen (secondary N) is 2. The van der Waals surface area contributed by atoms with Gasteiger partial charge in [0.2, 0.25) is 10.0 Å². The maximum absolute atomic E-state index is 12.4. The molecule has 0 bridgehead atoms. The molecule has 0 heterocycles. The van der Waals surface area contributed by atoms with Gasteiger partial charge in [0.25, 0.3) is 0 Å². The van der Waals surface area contributed by atoms with E-state index in [1.54, 1.807) is 12.1 Å². The average molecular weight is 341 g/mol. The fourth-order valence-corrected chi connectivity index (χ4v) is 3.86. The first-order chi connectivity index (χ1) is 10.8. The lowest BCUT2D eigenvalue weighted by atomic mass is 10.2. The molecule has 1 aromatic rings. The van der Waals surface area contributed by atoms with Crippen LogP contribution in [-0.4, -0.2) is 39.9 Å². The number of hydrogen-bond acceptors (Lipinski definition) is 3. The van der Waals surface area contributed by atoms with E-state index in [0.717, 1.165) is 32.5 Å². The van der Waals surface area contributed by atoms with Crippen molar-refractivity contribution >= 4 is 15.8 Å². The topological polar surface area (TPSA) is 67.7 Å². The first-order valence-electron chi connectivity index (χ1n) is 8.27. The van der Waals surface area contributed by atoms with Crippen LogP contribution >= 0.6 is 0 Å². The number of Topliss-reactive ketones (excluding diaryl/α,β-unsaturated/α-hetero) is 1. The Morgan fingerprint density at radius 2 is 1.91 bits per heavy atom. The van der Waals surface area contributed by atoms with Gasteiger partial charge in [0.15, 0.2) is 5.78 Å². The van der Waals surface area contributed by atoms with Crippen LogP contribution in [0.4, 0.5) is 0 Å². The molecule has 0 aliphatic heterocycles. The third-order valence-corrected chi connectivity index (χ3v) is 5.66. The van der Waals surface area contributed by atoms with Gasteiger partial charge >= 0.3 is 0 Å². The molecular formula is C17H29N2O3S+. The monoisotopic (exact) mass is 341 g/mol. The normalized spacial score (nSPS) is 13.3. The first kappa shape index (κ1) is 19.8. The van der Waals surface area contributed by atoms with Crippen molar-refractivity contribution in [1.82, 2.24) is 4.72 Å². The molecular weight excluding hydrogens is 312 g/mol. The largest absolute Gasteiger partial charge is 0.335 e. The number of hydrogen-bond donors (Lipinski definition) is 2. The van der Waals surface area contributed by atoms with Gasteiger partial charge in [0.1, 0.15) is 0 Å². The SMILES string of the molecule is CC[NH+](CC)CCC[C@H](C)NS(=O)(=O)c1cccc(C(C)=O)c1. The van der Waals surface area contributed by atoms with Crippen molar-refractivity contribution in [2.75, 3.05) is 19.6 Å². The summed E-state index contributed by atoms with van der Waals surface area (Å²) < 4.78 is 27.5. The third kappa shape index (κ3) is 6.41. The van der Waals surface area contributed by atoms with E-state index in [-0.39, 0.29) is 16.7 Å². The minimum absolute atomic E-state index is 0.129. The Hall–Kier alpha value is -1.24. The lowest BCUT2D eigenvalue weighted by molar-refractivity contribution is -0.896. The predicted molar refractivity (Wildman–Crippen MR) is 92.4 cm³/mol. The second kappa shape index (κ2) is 9.15. The van der Waals surface area contributed by atoms with Crippen LogP contribution in [-0.2, 0) is 10.0 Å². The van der Waals surface area contributed by atoms with Crippen LogP contribution in [0.2, 0.25) is 0 Å². The van der Waals surface area contributed by atoms with Crippen LogP contribution < -0.4 is 9.62 Å². The van der Waals surface area contributed by atoms with E-state index in [2.05, 4.69) is 18.6 Å². The van der Waals surface area contributed by atoms with Gasteiger partial charge in [-0.2, -0.15) is 0 Å². The third-order valence-electron chi connectivity index (χ3n) is 4.07. The highest BCUT2D eigenvalue weighted by atomic mass is 32.2. The number of sulfonamides is 1. The Labute approximate surface area is 140 Å². The smallest absolute Gasteiger partial charge is 0.240 e. The Balaban J connectivity index is 2.64.